The molecule has 0 radical (unpaired) electrons. The summed E-state index contributed by atoms with van der Waals surface area (Å²) in [7, 11) is 3.76. The molecule has 0 spiro atoms. The second kappa shape index (κ2) is 6.48. The highest BCUT2D eigenvalue weighted by Gasteiger charge is 2.28. The van der Waals surface area contributed by atoms with E-state index in [0.29, 0.717) is 24.8 Å². The Labute approximate surface area is 133 Å². The molecule has 6 nitrogen and oxygen atoms in total. The first-order valence-corrected chi connectivity index (χ1v) is 8.32. The van der Waals surface area contributed by atoms with Crippen molar-refractivity contribution in [3.63, 3.8) is 0 Å². The predicted octanol–water partition coefficient (Wildman–Crippen LogP) is 2.15. The van der Waals surface area contributed by atoms with E-state index < -0.39 is 0 Å². The molecule has 1 unspecified atom stereocenters. The van der Waals surface area contributed by atoms with Crippen molar-refractivity contribution in [1.29, 1.82) is 0 Å². The van der Waals surface area contributed by atoms with E-state index in [-0.39, 0.29) is 11.8 Å². The van der Waals surface area contributed by atoms with E-state index in [9.17, 15) is 4.79 Å². The molecule has 1 saturated heterocycles. The topological polar surface area (TPSA) is 62.5 Å². The summed E-state index contributed by atoms with van der Waals surface area (Å²) in [5, 5.41) is 5.96. The fraction of sp³-hybridized carbons (Fsp3) is 0.533. The van der Waals surface area contributed by atoms with Gasteiger partial charge in [-0.25, -0.2) is 0 Å². The van der Waals surface area contributed by atoms with Gasteiger partial charge in [-0.15, -0.1) is 11.3 Å². The molecule has 1 aliphatic heterocycles. The lowest BCUT2D eigenvalue weighted by atomic mass is 9.97. The molecule has 3 rings (SSSR count). The smallest absolute Gasteiger partial charge is 0.265 e. The van der Waals surface area contributed by atoms with Crippen molar-refractivity contribution < 1.29 is 9.32 Å². The maximum Gasteiger partial charge on any atom is 0.265 e. The largest absolute Gasteiger partial charge is 0.344 e. The molecule has 1 atom stereocenters. The van der Waals surface area contributed by atoms with Crippen LogP contribution in [0.15, 0.2) is 22.0 Å². The van der Waals surface area contributed by atoms with Gasteiger partial charge in [0.15, 0.2) is 0 Å². The third kappa shape index (κ3) is 3.30. The molecule has 1 amide bonds. The van der Waals surface area contributed by atoms with Crippen LogP contribution in [0, 0.1) is 0 Å². The van der Waals surface area contributed by atoms with E-state index in [1.165, 1.54) is 0 Å². The number of nitrogens with zero attached hydrogens (tertiary/aromatic N) is 4. The van der Waals surface area contributed by atoms with Crippen LogP contribution in [0.2, 0.25) is 0 Å². The minimum Gasteiger partial charge on any atom is -0.344 e. The molecule has 1 aliphatic rings. The zero-order valence-corrected chi connectivity index (χ0v) is 13.7. The summed E-state index contributed by atoms with van der Waals surface area (Å²) in [6.07, 6.45) is 2.44. The van der Waals surface area contributed by atoms with Crippen molar-refractivity contribution in [1.82, 2.24) is 15.0 Å². The molecule has 0 saturated carbocycles. The Morgan fingerprint density at radius 1 is 1.55 bits per heavy atom. The Kier molecular flexibility index (Phi) is 4.42. The number of carbonyl (C=O) groups excluding carboxylic acids is 1. The molecule has 22 heavy (non-hydrogen) atoms. The van der Waals surface area contributed by atoms with E-state index in [0.717, 1.165) is 24.3 Å². The first-order valence-electron chi connectivity index (χ1n) is 7.44. The molecule has 0 aliphatic carbocycles. The number of thiophene rings is 1. The molecule has 118 valence electrons. The lowest BCUT2D eigenvalue weighted by Gasteiger charge is -2.31. The van der Waals surface area contributed by atoms with Crippen molar-refractivity contribution in [2.24, 2.45) is 0 Å². The van der Waals surface area contributed by atoms with Crippen molar-refractivity contribution in [3.8, 4) is 0 Å². The van der Waals surface area contributed by atoms with Crippen LogP contribution in [0.1, 0.15) is 29.5 Å². The predicted molar refractivity (Wildman–Crippen MR) is 85.2 cm³/mol. The third-order valence-electron chi connectivity index (χ3n) is 3.86. The quantitative estimate of drug-likeness (QED) is 0.864. The molecule has 7 heteroatoms. The number of hydrogen-bond donors (Lipinski definition) is 0. The summed E-state index contributed by atoms with van der Waals surface area (Å²) in [5.41, 5.74) is 0. The molecular weight excluding hydrogens is 300 g/mol. The summed E-state index contributed by atoms with van der Waals surface area (Å²) in [6.45, 7) is 1.48. The highest BCUT2D eigenvalue weighted by atomic mass is 32.1. The van der Waals surface area contributed by atoms with Crippen LogP contribution in [0.3, 0.4) is 0 Å². The van der Waals surface area contributed by atoms with Crippen LogP contribution in [-0.2, 0) is 11.2 Å². The Hall–Kier alpha value is -1.89. The van der Waals surface area contributed by atoms with Gasteiger partial charge in [0.2, 0.25) is 11.8 Å². The number of carbonyl (C=O) groups is 1. The number of rotatable bonds is 4. The molecule has 1 fully saturated rings. The number of piperidine rings is 1. The average Bonchev–Trinajstić information content (AvgIpc) is 3.18. The van der Waals surface area contributed by atoms with Crippen LogP contribution in [-0.4, -0.2) is 48.1 Å². The van der Waals surface area contributed by atoms with Gasteiger partial charge in [0.05, 0.1) is 12.3 Å². The van der Waals surface area contributed by atoms with Gasteiger partial charge in [-0.05, 0) is 29.4 Å². The zero-order chi connectivity index (χ0) is 15.5. The van der Waals surface area contributed by atoms with Gasteiger partial charge in [0, 0.05) is 32.1 Å². The fourth-order valence-electron chi connectivity index (χ4n) is 2.65. The summed E-state index contributed by atoms with van der Waals surface area (Å²) < 4.78 is 5.36. The maximum atomic E-state index is 12.4. The number of likely N-dealkylation sites (tertiary alicyclic amines) is 1. The van der Waals surface area contributed by atoms with E-state index in [1.54, 1.807) is 11.3 Å². The van der Waals surface area contributed by atoms with Crippen molar-refractivity contribution in [3.05, 3.63) is 28.3 Å². The van der Waals surface area contributed by atoms with E-state index in [1.807, 2.05) is 41.4 Å². The van der Waals surface area contributed by atoms with E-state index in [4.69, 9.17) is 4.52 Å². The fourth-order valence-corrected chi connectivity index (χ4v) is 3.35. The minimum atomic E-state index is 0.141. The highest BCUT2D eigenvalue weighted by molar-refractivity contribution is 7.10. The minimum absolute atomic E-state index is 0.141. The van der Waals surface area contributed by atoms with Crippen molar-refractivity contribution in [2.45, 2.75) is 25.2 Å². The summed E-state index contributed by atoms with van der Waals surface area (Å²) in [4.78, 5) is 21.7. The van der Waals surface area contributed by atoms with Crippen LogP contribution in [0.4, 0.5) is 5.95 Å². The third-order valence-corrected chi connectivity index (χ3v) is 4.74. The zero-order valence-electron chi connectivity index (χ0n) is 12.9. The monoisotopic (exact) mass is 320 g/mol. The van der Waals surface area contributed by atoms with Gasteiger partial charge in [0.1, 0.15) is 0 Å². The second-order valence-corrected chi connectivity index (χ2v) is 6.79. The van der Waals surface area contributed by atoms with Gasteiger partial charge in [-0.1, -0.05) is 6.07 Å². The summed E-state index contributed by atoms with van der Waals surface area (Å²) in [5.74, 6) is 1.54. The van der Waals surface area contributed by atoms with Crippen LogP contribution in [0.5, 0.6) is 0 Å². The number of aromatic nitrogens is 2. The standard InChI is InChI=1S/C15H20N4O2S/c1-18(2)15-16-14(21-17-15)11-5-3-7-19(10-11)13(20)9-12-6-4-8-22-12/h4,6,8,11H,3,5,7,9-10H2,1-2H3. The lowest BCUT2D eigenvalue weighted by Crippen LogP contribution is -2.39. The van der Waals surface area contributed by atoms with Crippen LogP contribution in [0.25, 0.3) is 0 Å². The summed E-state index contributed by atoms with van der Waals surface area (Å²) >= 11 is 1.63. The molecule has 2 aromatic rings. The molecule has 0 aromatic carbocycles. The Morgan fingerprint density at radius 2 is 2.41 bits per heavy atom. The number of anilines is 1. The normalized spacial score (nSPS) is 18.5. The van der Waals surface area contributed by atoms with Gasteiger partial charge < -0.3 is 14.3 Å². The van der Waals surface area contributed by atoms with Crippen molar-refractivity contribution in [2.75, 3.05) is 32.1 Å². The first kappa shape index (κ1) is 15.0. The van der Waals surface area contributed by atoms with Crippen LogP contribution >= 0.6 is 11.3 Å². The maximum absolute atomic E-state index is 12.4. The average molecular weight is 320 g/mol. The molecule has 3 heterocycles. The number of amides is 1. The molecule has 0 bridgehead atoms. The van der Waals surface area contributed by atoms with E-state index in [2.05, 4.69) is 10.1 Å². The van der Waals surface area contributed by atoms with Gasteiger partial charge in [0.25, 0.3) is 5.95 Å². The van der Waals surface area contributed by atoms with Crippen LogP contribution < -0.4 is 4.90 Å². The Morgan fingerprint density at radius 3 is 3.09 bits per heavy atom. The molecular formula is C15H20N4O2S. The SMILES string of the molecule is CN(C)c1noc(C2CCCN(C(=O)Cc3cccs3)C2)n1. The summed E-state index contributed by atoms with van der Waals surface area (Å²) in [6, 6.07) is 3.98. The number of hydrogen-bond acceptors (Lipinski definition) is 6. The Balaban J connectivity index is 1.64. The second-order valence-electron chi connectivity index (χ2n) is 5.76. The van der Waals surface area contributed by atoms with E-state index >= 15 is 0 Å². The first-order chi connectivity index (χ1) is 10.6. The Bertz CT molecular complexity index is 623. The molecule has 0 N–H and O–H groups in total. The van der Waals surface area contributed by atoms with Crippen molar-refractivity contribution >= 4 is 23.2 Å². The lowest BCUT2D eigenvalue weighted by molar-refractivity contribution is -0.131. The van der Waals surface area contributed by atoms with Gasteiger partial charge >= 0.3 is 0 Å². The molecule has 2 aromatic heterocycles. The van der Waals surface area contributed by atoms with Gasteiger partial charge in [-0.2, -0.15) is 4.98 Å². The van der Waals surface area contributed by atoms with Gasteiger partial charge in [-0.3, -0.25) is 4.79 Å². The highest BCUT2D eigenvalue weighted by Crippen LogP contribution is 2.27.